The van der Waals surface area contributed by atoms with Gasteiger partial charge in [-0.25, -0.2) is 0 Å². The van der Waals surface area contributed by atoms with Crippen LogP contribution in [0.15, 0.2) is 0 Å². The highest BCUT2D eigenvalue weighted by atomic mass is 16.7. The molecule has 1 saturated heterocycles. The molecule has 15 heavy (non-hydrogen) atoms. The standard InChI is InChI=1S/C8H14O7/c1-3(10)14-7-6(12)5(11)4(2-9)15-8(7)13/h4-9,11-13H,2H2,1H3/t4-,5-,6+,7-,8?/m1/s1. The van der Waals surface area contributed by atoms with Gasteiger partial charge in [0.05, 0.1) is 6.61 Å². The van der Waals surface area contributed by atoms with Crippen LogP contribution in [0, 0.1) is 0 Å². The summed E-state index contributed by atoms with van der Waals surface area (Å²) in [5.74, 6) is -0.712. The first-order valence-corrected chi connectivity index (χ1v) is 4.45. The molecule has 88 valence electrons. The predicted molar refractivity (Wildman–Crippen MR) is 45.5 cm³/mol. The molecule has 7 heteroatoms. The van der Waals surface area contributed by atoms with Crippen LogP contribution >= 0.6 is 0 Å². The summed E-state index contributed by atoms with van der Waals surface area (Å²) in [5.41, 5.74) is 0. The van der Waals surface area contributed by atoms with Gasteiger partial charge in [-0.05, 0) is 0 Å². The third kappa shape index (κ3) is 2.64. The summed E-state index contributed by atoms with van der Waals surface area (Å²) < 4.78 is 9.32. The number of carbonyl (C=O) groups excluding carboxylic acids is 1. The average Bonchev–Trinajstić information content (AvgIpc) is 2.18. The zero-order chi connectivity index (χ0) is 11.6. The van der Waals surface area contributed by atoms with E-state index in [2.05, 4.69) is 4.74 Å². The highest BCUT2D eigenvalue weighted by molar-refractivity contribution is 5.66. The van der Waals surface area contributed by atoms with Crippen molar-refractivity contribution in [2.24, 2.45) is 0 Å². The van der Waals surface area contributed by atoms with Crippen molar-refractivity contribution in [2.75, 3.05) is 6.61 Å². The van der Waals surface area contributed by atoms with E-state index in [1.807, 2.05) is 0 Å². The molecule has 4 N–H and O–H groups in total. The molecule has 1 aliphatic rings. The van der Waals surface area contributed by atoms with Crippen LogP contribution < -0.4 is 0 Å². The van der Waals surface area contributed by atoms with Crippen LogP contribution in [0.25, 0.3) is 0 Å². The molecule has 0 radical (unpaired) electrons. The summed E-state index contributed by atoms with van der Waals surface area (Å²) in [5, 5.41) is 37.0. The van der Waals surface area contributed by atoms with Gasteiger partial charge in [-0.3, -0.25) is 4.79 Å². The average molecular weight is 222 g/mol. The highest BCUT2D eigenvalue weighted by Gasteiger charge is 2.45. The fourth-order valence-corrected chi connectivity index (χ4v) is 1.39. The summed E-state index contributed by atoms with van der Waals surface area (Å²) in [6.07, 6.45) is -6.91. The monoisotopic (exact) mass is 222 g/mol. The van der Waals surface area contributed by atoms with Crippen molar-refractivity contribution in [3.05, 3.63) is 0 Å². The SMILES string of the molecule is CC(=O)O[C@H]1C(O)O[C@H](CO)[C@@H](O)[C@@H]1O. The number of hydrogen-bond acceptors (Lipinski definition) is 7. The molecule has 1 heterocycles. The van der Waals surface area contributed by atoms with Crippen LogP contribution in [0.2, 0.25) is 0 Å². The van der Waals surface area contributed by atoms with Crippen molar-refractivity contribution in [3.63, 3.8) is 0 Å². The van der Waals surface area contributed by atoms with Gasteiger partial charge in [0, 0.05) is 6.92 Å². The Morgan fingerprint density at radius 3 is 2.40 bits per heavy atom. The lowest BCUT2D eigenvalue weighted by molar-refractivity contribution is -0.290. The van der Waals surface area contributed by atoms with Crippen LogP contribution in [-0.4, -0.2) is 63.7 Å². The minimum Gasteiger partial charge on any atom is -0.454 e. The van der Waals surface area contributed by atoms with E-state index in [0.29, 0.717) is 0 Å². The Bertz CT molecular complexity index is 231. The molecule has 1 rings (SSSR count). The smallest absolute Gasteiger partial charge is 0.303 e. The van der Waals surface area contributed by atoms with Gasteiger partial charge in [0.25, 0.3) is 0 Å². The van der Waals surface area contributed by atoms with Gasteiger partial charge >= 0.3 is 5.97 Å². The van der Waals surface area contributed by atoms with Crippen LogP contribution in [0.3, 0.4) is 0 Å². The van der Waals surface area contributed by atoms with Crippen LogP contribution in [-0.2, 0) is 14.3 Å². The van der Waals surface area contributed by atoms with Gasteiger partial charge in [-0.15, -0.1) is 0 Å². The Kier molecular flexibility index (Phi) is 4.00. The van der Waals surface area contributed by atoms with Gasteiger partial charge in [-0.2, -0.15) is 0 Å². The fourth-order valence-electron chi connectivity index (χ4n) is 1.39. The summed E-state index contributed by atoms with van der Waals surface area (Å²) in [4.78, 5) is 10.6. The summed E-state index contributed by atoms with van der Waals surface area (Å²) in [7, 11) is 0. The number of aliphatic hydroxyl groups excluding tert-OH is 4. The molecule has 1 fully saturated rings. The Labute approximate surface area is 85.9 Å². The van der Waals surface area contributed by atoms with Crippen molar-refractivity contribution in [3.8, 4) is 0 Å². The molecule has 0 spiro atoms. The number of carbonyl (C=O) groups is 1. The first-order chi connectivity index (χ1) is 6.97. The van der Waals surface area contributed by atoms with Crippen LogP contribution in [0.1, 0.15) is 6.92 Å². The molecule has 1 aliphatic heterocycles. The van der Waals surface area contributed by atoms with Gasteiger partial charge in [0.1, 0.15) is 18.3 Å². The van der Waals surface area contributed by atoms with Crippen molar-refractivity contribution in [2.45, 2.75) is 37.6 Å². The molecule has 1 unspecified atom stereocenters. The number of aliphatic hydroxyl groups is 4. The lowest BCUT2D eigenvalue weighted by Gasteiger charge is -2.39. The Morgan fingerprint density at radius 2 is 1.93 bits per heavy atom. The van der Waals surface area contributed by atoms with Crippen LogP contribution in [0.5, 0.6) is 0 Å². The summed E-state index contributed by atoms with van der Waals surface area (Å²) >= 11 is 0. The second-order valence-electron chi connectivity index (χ2n) is 3.30. The molecular formula is C8H14O7. The molecule has 0 saturated carbocycles. The molecule has 0 aromatic heterocycles. The van der Waals surface area contributed by atoms with Crippen molar-refractivity contribution < 1.29 is 34.7 Å². The Balaban J connectivity index is 2.70. The van der Waals surface area contributed by atoms with Crippen LogP contribution in [0.4, 0.5) is 0 Å². The van der Waals surface area contributed by atoms with Gasteiger partial charge in [0.15, 0.2) is 12.4 Å². The quantitative estimate of drug-likeness (QED) is 0.377. The van der Waals surface area contributed by atoms with Gasteiger partial charge < -0.3 is 29.9 Å². The van der Waals surface area contributed by atoms with Crippen molar-refractivity contribution in [1.29, 1.82) is 0 Å². The molecule has 7 nitrogen and oxygen atoms in total. The second-order valence-corrected chi connectivity index (χ2v) is 3.30. The molecule has 0 bridgehead atoms. The fraction of sp³-hybridized carbons (Fsp3) is 0.875. The van der Waals surface area contributed by atoms with E-state index in [0.717, 1.165) is 6.92 Å². The number of hydrogen-bond donors (Lipinski definition) is 4. The van der Waals surface area contributed by atoms with E-state index in [1.54, 1.807) is 0 Å². The van der Waals surface area contributed by atoms with Crippen molar-refractivity contribution in [1.82, 2.24) is 0 Å². The lowest BCUT2D eigenvalue weighted by atomic mass is 9.99. The van der Waals surface area contributed by atoms with Gasteiger partial charge in [0.2, 0.25) is 0 Å². The zero-order valence-corrected chi connectivity index (χ0v) is 8.11. The largest absolute Gasteiger partial charge is 0.454 e. The summed E-state index contributed by atoms with van der Waals surface area (Å²) in [6.45, 7) is 0.548. The van der Waals surface area contributed by atoms with Crippen molar-refractivity contribution >= 4 is 5.97 Å². The second kappa shape index (κ2) is 4.86. The minimum atomic E-state index is -1.57. The zero-order valence-electron chi connectivity index (χ0n) is 8.11. The number of ether oxygens (including phenoxy) is 2. The summed E-state index contributed by atoms with van der Waals surface area (Å²) in [6, 6.07) is 0. The van der Waals surface area contributed by atoms with E-state index < -0.39 is 43.3 Å². The topological polar surface area (TPSA) is 116 Å². The predicted octanol–water partition coefficient (Wildman–Crippen LogP) is -2.65. The molecule has 5 atom stereocenters. The maximum Gasteiger partial charge on any atom is 0.303 e. The minimum absolute atomic E-state index is 0.553. The van der Waals surface area contributed by atoms with E-state index in [-0.39, 0.29) is 0 Å². The highest BCUT2D eigenvalue weighted by Crippen LogP contribution is 2.22. The van der Waals surface area contributed by atoms with E-state index in [4.69, 9.17) is 9.84 Å². The Morgan fingerprint density at radius 1 is 1.33 bits per heavy atom. The maximum atomic E-state index is 10.6. The number of rotatable bonds is 2. The molecule has 0 amide bonds. The maximum absolute atomic E-state index is 10.6. The van der Waals surface area contributed by atoms with E-state index in [1.165, 1.54) is 0 Å². The van der Waals surface area contributed by atoms with Gasteiger partial charge in [-0.1, -0.05) is 0 Å². The van der Waals surface area contributed by atoms with E-state index >= 15 is 0 Å². The normalized spacial score (nSPS) is 41.3. The third-order valence-electron chi connectivity index (χ3n) is 2.14. The molecule has 0 aromatic rings. The first-order valence-electron chi connectivity index (χ1n) is 4.45. The molecule has 0 aromatic carbocycles. The van der Waals surface area contributed by atoms with E-state index in [9.17, 15) is 20.1 Å². The first kappa shape index (κ1) is 12.3. The third-order valence-corrected chi connectivity index (χ3v) is 2.14. The molecular weight excluding hydrogens is 208 g/mol. The lowest BCUT2D eigenvalue weighted by Crippen LogP contribution is -2.59. The number of esters is 1. The Hall–Kier alpha value is -0.730. The molecule has 0 aliphatic carbocycles.